The number of hydrogen-bond donors (Lipinski definition) is 1. The van der Waals surface area contributed by atoms with Crippen LogP contribution in [0.3, 0.4) is 0 Å². The zero-order valence-electron chi connectivity index (χ0n) is 24.6. The van der Waals surface area contributed by atoms with Gasteiger partial charge in [-0.1, -0.05) is 28.6 Å². The van der Waals surface area contributed by atoms with Crippen molar-refractivity contribution in [3.63, 3.8) is 0 Å². The van der Waals surface area contributed by atoms with Crippen molar-refractivity contribution in [3.05, 3.63) is 53.3 Å². The summed E-state index contributed by atoms with van der Waals surface area (Å²) in [5.74, 6) is -0.398. The Labute approximate surface area is 264 Å². The summed E-state index contributed by atoms with van der Waals surface area (Å²) in [6, 6.07) is 8.76. The van der Waals surface area contributed by atoms with Crippen LogP contribution in [0.4, 0.5) is 13.2 Å². The van der Waals surface area contributed by atoms with Crippen molar-refractivity contribution < 1.29 is 56.0 Å². The predicted octanol–water partition coefficient (Wildman–Crippen LogP) is 6.34. The van der Waals surface area contributed by atoms with Crippen molar-refractivity contribution in [1.82, 2.24) is 10.1 Å². The third kappa shape index (κ3) is 6.24. The predicted molar refractivity (Wildman–Crippen MR) is 155 cm³/mol. The maximum absolute atomic E-state index is 13.1. The Morgan fingerprint density at radius 3 is 2.54 bits per heavy atom. The van der Waals surface area contributed by atoms with Gasteiger partial charge in [-0.15, -0.1) is 13.2 Å². The molecular weight excluding hydrogens is 633 g/mol. The second kappa shape index (κ2) is 12.0. The van der Waals surface area contributed by atoms with Gasteiger partial charge in [0.1, 0.15) is 46.8 Å². The van der Waals surface area contributed by atoms with E-state index in [1.54, 1.807) is 6.07 Å². The Hall–Kier alpha value is -3.92. The lowest BCUT2D eigenvalue weighted by Crippen LogP contribution is -2.35. The molecule has 3 fully saturated rings. The van der Waals surface area contributed by atoms with Crippen LogP contribution in [0.15, 0.2) is 40.9 Å². The molecule has 2 saturated heterocycles. The zero-order valence-corrected chi connectivity index (χ0v) is 25.4. The molecule has 46 heavy (non-hydrogen) atoms. The average Bonchev–Trinajstić information content (AvgIpc) is 3.29. The molecule has 0 bridgehead atoms. The van der Waals surface area contributed by atoms with E-state index in [2.05, 4.69) is 14.9 Å². The minimum atomic E-state index is -4.87. The highest BCUT2D eigenvalue weighted by Crippen LogP contribution is 2.46. The number of fused-ring (bicyclic) bond motifs is 2. The summed E-state index contributed by atoms with van der Waals surface area (Å²) in [6.07, 6.45) is -5.23. The lowest BCUT2D eigenvalue weighted by molar-refractivity contribution is -0.274. The molecule has 0 spiro atoms. The third-order valence-electron chi connectivity index (χ3n) is 7.84. The van der Waals surface area contributed by atoms with Gasteiger partial charge in [-0.2, -0.15) is 4.98 Å². The number of carboxylic acid groups (broad SMARTS) is 1. The number of aromatic carboxylic acids is 1. The minimum Gasteiger partial charge on any atom is -0.489 e. The van der Waals surface area contributed by atoms with Gasteiger partial charge in [-0.25, -0.2) is 4.79 Å². The molecule has 7 rings (SSSR count). The zero-order chi connectivity index (χ0) is 32.2. The minimum absolute atomic E-state index is 0.0135. The summed E-state index contributed by atoms with van der Waals surface area (Å²) in [4.78, 5) is 16.2. The molecule has 15 heteroatoms. The highest BCUT2D eigenvalue weighted by molar-refractivity contribution is 7.20. The number of carboxylic acids is 1. The third-order valence-corrected chi connectivity index (χ3v) is 8.73. The number of ether oxygens (including phenoxy) is 6. The molecule has 1 N–H and O–H groups in total. The standard InChI is InChI=1S/C31H29F3N2O9S/c1-14(2)42-20-9-16(29(37)38)10-23-25(20)35-30(46-23)43-22-13-41-27-21(12-40-28(22)27)39-11-18-24(36-45-26(18)15-7-8-15)17-5-3-4-6-19(17)44-31(32,33)34/h3-6,9-10,14-15,21-22,27-28H,7-8,11-13H2,1-2H3,(H,37,38)/t21-,22?,27-,28-/m1/s1. The number of thiazole rings is 1. The van der Waals surface area contributed by atoms with E-state index < -0.39 is 36.7 Å². The Balaban J connectivity index is 1.06. The molecular formula is C31H29F3N2O9S. The first kappa shape index (κ1) is 30.7. The number of carbonyl (C=O) groups is 1. The molecule has 2 aromatic carbocycles. The smallest absolute Gasteiger partial charge is 0.489 e. The van der Waals surface area contributed by atoms with E-state index in [4.69, 9.17) is 28.2 Å². The number of benzene rings is 2. The van der Waals surface area contributed by atoms with Crippen molar-refractivity contribution in [2.45, 2.75) is 76.1 Å². The van der Waals surface area contributed by atoms with Crippen molar-refractivity contribution in [1.29, 1.82) is 0 Å². The molecule has 1 saturated carbocycles. The second-order valence-electron chi connectivity index (χ2n) is 11.6. The van der Waals surface area contributed by atoms with Gasteiger partial charge in [0.05, 0.1) is 36.2 Å². The van der Waals surface area contributed by atoms with Gasteiger partial charge >= 0.3 is 12.3 Å². The van der Waals surface area contributed by atoms with E-state index in [-0.39, 0.29) is 54.4 Å². The quantitative estimate of drug-likeness (QED) is 0.193. The number of hydrogen-bond acceptors (Lipinski definition) is 11. The van der Waals surface area contributed by atoms with Crippen LogP contribution in [0.2, 0.25) is 0 Å². The van der Waals surface area contributed by atoms with E-state index in [0.29, 0.717) is 32.5 Å². The van der Waals surface area contributed by atoms with E-state index in [1.807, 2.05) is 13.8 Å². The second-order valence-corrected chi connectivity index (χ2v) is 12.6. The maximum Gasteiger partial charge on any atom is 0.573 e. The number of para-hydroxylation sites is 1. The fraction of sp³-hybridized carbons (Fsp3) is 0.452. The number of halogens is 3. The lowest BCUT2D eigenvalue weighted by atomic mass is 10.0. The van der Waals surface area contributed by atoms with E-state index in [9.17, 15) is 23.1 Å². The molecule has 11 nitrogen and oxygen atoms in total. The first-order chi connectivity index (χ1) is 22.0. The molecule has 4 atom stereocenters. The van der Waals surface area contributed by atoms with Crippen molar-refractivity contribution in [3.8, 4) is 28.0 Å². The summed E-state index contributed by atoms with van der Waals surface area (Å²) in [7, 11) is 0. The summed E-state index contributed by atoms with van der Waals surface area (Å²) in [6.45, 7) is 4.10. The average molecular weight is 663 g/mol. The SMILES string of the molecule is CC(C)Oc1cc(C(=O)O)cc2sc(OC3CO[C@H]4[C@@H]3OC[C@H]4OCc3c(-c4ccccc4OC(F)(F)F)noc3C3CC3)nc12. The summed E-state index contributed by atoms with van der Waals surface area (Å²) >= 11 is 1.20. The number of alkyl halides is 3. The molecule has 0 amide bonds. The summed E-state index contributed by atoms with van der Waals surface area (Å²) in [5, 5.41) is 14.0. The molecule has 1 unspecified atom stereocenters. The molecule has 2 aliphatic heterocycles. The van der Waals surface area contributed by atoms with E-state index >= 15 is 0 Å². The molecule has 0 radical (unpaired) electrons. The Morgan fingerprint density at radius 2 is 1.83 bits per heavy atom. The summed E-state index contributed by atoms with van der Waals surface area (Å²) in [5.41, 5.74) is 1.52. The largest absolute Gasteiger partial charge is 0.573 e. The van der Waals surface area contributed by atoms with Gasteiger partial charge in [0.25, 0.3) is 5.19 Å². The van der Waals surface area contributed by atoms with Crippen LogP contribution < -0.4 is 14.2 Å². The van der Waals surface area contributed by atoms with Gasteiger partial charge < -0.3 is 38.1 Å². The van der Waals surface area contributed by atoms with Crippen LogP contribution >= 0.6 is 11.3 Å². The van der Waals surface area contributed by atoms with Gasteiger partial charge in [0, 0.05) is 17.0 Å². The lowest BCUT2D eigenvalue weighted by Gasteiger charge is -2.18. The maximum atomic E-state index is 13.1. The Bertz CT molecular complexity index is 1750. The molecule has 3 aliphatic rings. The highest BCUT2D eigenvalue weighted by Gasteiger charge is 2.50. The van der Waals surface area contributed by atoms with Crippen molar-refractivity contribution in [2.24, 2.45) is 0 Å². The molecule has 244 valence electrons. The van der Waals surface area contributed by atoms with E-state index in [0.717, 1.165) is 12.8 Å². The van der Waals surface area contributed by atoms with Crippen LogP contribution in [-0.2, 0) is 20.8 Å². The molecule has 4 aromatic rings. The first-order valence-corrected chi connectivity index (χ1v) is 15.5. The Morgan fingerprint density at radius 1 is 1.09 bits per heavy atom. The molecule has 1 aliphatic carbocycles. The first-order valence-electron chi connectivity index (χ1n) is 14.7. The van der Waals surface area contributed by atoms with Crippen LogP contribution in [0.25, 0.3) is 21.5 Å². The van der Waals surface area contributed by atoms with Crippen LogP contribution in [-0.4, -0.2) is 71.3 Å². The van der Waals surface area contributed by atoms with Gasteiger partial charge in [-0.3, -0.25) is 0 Å². The Kier molecular flexibility index (Phi) is 8.03. The molecule has 4 heterocycles. The normalized spacial score (nSPS) is 22.8. The van der Waals surface area contributed by atoms with Gasteiger partial charge in [-0.05, 0) is 51.0 Å². The fourth-order valence-corrected chi connectivity index (χ4v) is 6.63. The van der Waals surface area contributed by atoms with Gasteiger partial charge in [0.2, 0.25) is 0 Å². The van der Waals surface area contributed by atoms with Gasteiger partial charge in [0.15, 0.2) is 6.10 Å². The van der Waals surface area contributed by atoms with Crippen molar-refractivity contribution in [2.75, 3.05) is 13.2 Å². The number of rotatable bonds is 11. The topological polar surface area (TPSA) is 132 Å². The van der Waals surface area contributed by atoms with Crippen LogP contribution in [0, 0.1) is 0 Å². The fourth-order valence-electron chi connectivity index (χ4n) is 5.70. The van der Waals surface area contributed by atoms with Crippen molar-refractivity contribution >= 4 is 27.5 Å². The molecule has 2 aromatic heterocycles. The highest BCUT2D eigenvalue weighted by atomic mass is 32.1. The number of nitrogens with zero attached hydrogens (tertiary/aromatic N) is 2. The van der Waals surface area contributed by atoms with E-state index in [1.165, 1.54) is 41.7 Å². The summed E-state index contributed by atoms with van der Waals surface area (Å²) < 4.78 is 80.2. The number of aromatic nitrogens is 2. The monoisotopic (exact) mass is 662 g/mol. The van der Waals surface area contributed by atoms with Crippen LogP contribution in [0.1, 0.15) is 54.3 Å². The van der Waals surface area contributed by atoms with Crippen LogP contribution in [0.5, 0.6) is 16.7 Å².